The van der Waals surface area contributed by atoms with Gasteiger partial charge < -0.3 is 9.57 Å². The molecule has 0 unspecified atom stereocenters. The second-order valence-corrected chi connectivity index (χ2v) is 3.84. The van der Waals surface area contributed by atoms with Gasteiger partial charge in [-0.1, -0.05) is 39.7 Å². The highest BCUT2D eigenvalue weighted by atomic mass is 79.9. The minimum atomic E-state index is -0.449. The molecule has 3 N–H and O–H groups in total. The predicted octanol–water partition coefficient (Wildman–Crippen LogP) is 1.28. The molecule has 0 aliphatic rings. The van der Waals surface area contributed by atoms with Crippen LogP contribution in [-0.4, -0.2) is 12.6 Å². The van der Waals surface area contributed by atoms with Crippen molar-refractivity contribution >= 4 is 21.9 Å². The van der Waals surface area contributed by atoms with Crippen molar-refractivity contribution < 1.29 is 14.4 Å². The molecule has 0 atom stereocenters. The van der Waals surface area contributed by atoms with E-state index >= 15 is 0 Å². The number of hydrogen-bond donors (Lipinski definition) is 2. The molecule has 0 radical (unpaired) electrons. The first-order valence-corrected chi connectivity index (χ1v) is 5.49. The number of carbonyl (C=O) groups excluding carboxylic acids is 1. The van der Waals surface area contributed by atoms with Gasteiger partial charge in [0.05, 0.1) is 19.6 Å². The van der Waals surface area contributed by atoms with Crippen molar-refractivity contribution in [1.29, 1.82) is 0 Å². The zero-order chi connectivity index (χ0) is 11.8. The Hall–Kier alpha value is -0.950. The number of halogens is 1. The Morgan fingerprint density at radius 2 is 2.19 bits per heavy atom. The van der Waals surface area contributed by atoms with Gasteiger partial charge in [-0.05, 0) is 11.6 Å². The summed E-state index contributed by atoms with van der Waals surface area (Å²) in [5.41, 5.74) is 2.86. The van der Waals surface area contributed by atoms with E-state index in [0.717, 1.165) is 10.0 Å². The van der Waals surface area contributed by atoms with Crippen LogP contribution in [0.25, 0.3) is 0 Å². The summed E-state index contributed by atoms with van der Waals surface area (Å²) in [5, 5.41) is 0. The lowest BCUT2D eigenvalue weighted by Gasteiger charge is -2.05. The Bertz CT molecular complexity index is 347. The van der Waals surface area contributed by atoms with Gasteiger partial charge in [-0.25, -0.2) is 5.84 Å². The lowest BCUT2D eigenvalue weighted by molar-refractivity contribution is -0.152. The molecule has 0 saturated heterocycles. The topological polar surface area (TPSA) is 73.6 Å². The normalized spacial score (nSPS) is 10.1. The summed E-state index contributed by atoms with van der Waals surface area (Å²) in [6.45, 7) is 0.743. The van der Waals surface area contributed by atoms with E-state index in [-0.39, 0.29) is 6.42 Å². The van der Waals surface area contributed by atoms with Crippen LogP contribution in [0.3, 0.4) is 0 Å². The van der Waals surface area contributed by atoms with Gasteiger partial charge in [0.15, 0.2) is 0 Å². The molecule has 0 aliphatic carbocycles. The van der Waals surface area contributed by atoms with Crippen molar-refractivity contribution in [3.8, 4) is 0 Å². The van der Waals surface area contributed by atoms with Crippen molar-refractivity contribution in [1.82, 2.24) is 5.59 Å². The third-order valence-electron chi connectivity index (χ3n) is 1.84. The molecule has 6 heteroatoms. The molecule has 0 fully saturated rings. The molecular weight excluding hydrogens is 276 g/mol. The number of nitrogens with two attached hydrogens (primary N) is 1. The zero-order valence-electron chi connectivity index (χ0n) is 8.61. The van der Waals surface area contributed by atoms with Gasteiger partial charge in [-0.2, -0.15) is 0 Å². The minimum Gasteiger partial charge on any atom is -0.376 e. The van der Waals surface area contributed by atoms with Crippen LogP contribution < -0.4 is 11.4 Å². The fraction of sp³-hybridized carbons (Fsp3) is 0.300. The predicted molar refractivity (Wildman–Crippen MR) is 61.8 cm³/mol. The summed E-state index contributed by atoms with van der Waals surface area (Å²) < 4.78 is 6.31. The van der Waals surface area contributed by atoms with Crippen LogP contribution in [0.4, 0.5) is 0 Å². The number of rotatable bonds is 6. The first-order chi connectivity index (χ1) is 7.74. The second kappa shape index (κ2) is 7.34. The minimum absolute atomic E-state index is 0.161. The maximum Gasteiger partial charge on any atom is 0.328 e. The summed E-state index contributed by atoms with van der Waals surface area (Å²) in [4.78, 5) is 15.2. The van der Waals surface area contributed by atoms with E-state index in [1.165, 1.54) is 0 Å². The van der Waals surface area contributed by atoms with Gasteiger partial charge in [-0.15, -0.1) is 0 Å². The number of carbonyl (C=O) groups is 1. The van der Waals surface area contributed by atoms with E-state index in [4.69, 9.17) is 10.6 Å². The highest BCUT2D eigenvalue weighted by Gasteiger charge is 2.03. The van der Waals surface area contributed by atoms with Crippen LogP contribution in [0.2, 0.25) is 0 Å². The van der Waals surface area contributed by atoms with Gasteiger partial charge in [0.25, 0.3) is 0 Å². The van der Waals surface area contributed by atoms with E-state index in [1.807, 2.05) is 29.9 Å². The number of ether oxygens (including phenoxy) is 1. The van der Waals surface area contributed by atoms with Gasteiger partial charge >= 0.3 is 5.97 Å². The van der Waals surface area contributed by atoms with Crippen LogP contribution in [0.1, 0.15) is 12.0 Å². The van der Waals surface area contributed by atoms with Crippen molar-refractivity contribution in [2.75, 3.05) is 6.61 Å². The summed E-state index contributed by atoms with van der Waals surface area (Å²) in [6.07, 6.45) is 0.161. The van der Waals surface area contributed by atoms with E-state index in [2.05, 4.69) is 20.8 Å². The highest BCUT2D eigenvalue weighted by Crippen LogP contribution is 2.16. The summed E-state index contributed by atoms with van der Waals surface area (Å²) >= 11 is 3.40. The Kier molecular flexibility index (Phi) is 6.02. The molecule has 1 rings (SSSR count). The molecular formula is C10H13BrN2O3. The van der Waals surface area contributed by atoms with Crippen molar-refractivity contribution in [3.05, 3.63) is 34.3 Å². The zero-order valence-corrected chi connectivity index (χ0v) is 10.2. The van der Waals surface area contributed by atoms with Crippen LogP contribution in [0.15, 0.2) is 28.7 Å². The van der Waals surface area contributed by atoms with Gasteiger partial charge in [-0.3, -0.25) is 4.79 Å². The first-order valence-electron chi connectivity index (χ1n) is 4.70. The largest absolute Gasteiger partial charge is 0.376 e. The molecule has 1 aromatic rings. The smallest absolute Gasteiger partial charge is 0.328 e. The molecule has 0 spiro atoms. The van der Waals surface area contributed by atoms with E-state index in [1.54, 1.807) is 0 Å². The van der Waals surface area contributed by atoms with Crippen molar-refractivity contribution in [3.63, 3.8) is 0 Å². The van der Waals surface area contributed by atoms with Crippen LogP contribution in [-0.2, 0) is 21.0 Å². The molecule has 5 nitrogen and oxygen atoms in total. The molecule has 0 aliphatic heterocycles. The van der Waals surface area contributed by atoms with Gasteiger partial charge in [0, 0.05) is 4.47 Å². The standard InChI is InChI=1S/C10H13BrN2O3/c11-9-4-2-1-3-8(9)7-15-6-5-10(14)16-13-12/h1-4,13H,5-7,12H2. The van der Waals surface area contributed by atoms with E-state index < -0.39 is 5.97 Å². The molecule has 0 bridgehead atoms. The summed E-state index contributed by atoms with van der Waals surface area (Å²) in [5.74, 6) is 4.36. The van der Waals surface area contributed by atoms with Crippen LogP contribution in [0, 0.1) is 0 Å². The van der Waals surface area contributed by atoms with Crippen LogP contribution >= 0.6 is 15.9 Å². The summed E-state index contributed by atoms with van der Waals surface area (Å²) in [7, 11) is 0. The fourth-order valence-corrected chi connectivity index (χ4v) is 1.47. The lowest BCUT2D eigenvalue weighted by Crippen LogP contribution is -2.26. The molecule has 88 valence electrons. The fourth-order valence-electron chi connectivity index (χ4n) is 1.07. The lowest BCUT2D eigenvalue weighted by atomic mass is 10.2. The number of nitrogens with one attached hydrogen (secondary N) is 1. The Labute approximate surface area is 102 Å². The molecule has 0 saturated carbocycles. The molecule has 16 heavy (non-hydrogen) atoms. The SMILES string of the molecule is NNOC(=O)CCOCc1ccccc1Br. The van der Waals surface area contributed by atoms with Gasteiger partial charge in [0.1, 0.15) is 0 Å². The van der Waals surface area contributed by atoms with Crippen LogP contribution in [0.5, 0.6) is 0 Å². The number of benzene rings is 1. The van der Waals surface area contributed by atoms with Crippen molar-refractivity contribution in [2.24, 2.45) is 5.84 Å². The maximum absolute atomic E-state index is 10.9. The second-order valence-electron chi connectivity index (χ2n) is 2.99. The average Bonchev–Trinajstić information content (AvgIpc) is 2.27. The third kappa shape index (κ3) is 4.71. The Morgan fingerprint density at radius 3 is 2.88 bits per heavy atom. The highest BCUT2D eigenvalue weighted by molar-refractivity contribution is 9.10. The number of hydrogen-bond acceptors (Lipinski definition) is 5. The van der Waals surface area contributed by atoms with E-state index in [9.17, 15) is 4.79 Å². The third-order valence-corrected chi connectivity index (χ3v) is 2.61. The summed E-state index contributed by atoms with van der Waals surface area (Å²) in [6, 6.07) is 7.74. The number of hydrazine groups is 1. The maximum atomic E-state index is 10.9. The van der Waals surface area contributed by atoms with Gasteiger partial charge in [0.2, 0.25) is 0 Å². The molecule has 0 heterocycles. The average molecular weight is 289 g/mol. The molecule has 0 amide bonds. The first kappa shape index (κ1) is 13.1. The monoisotopic (exact) mass is 288 g/mol. The quantitative estimate of drug-likeness (QED) is 0.469. The Balaban J connectivity index is 2.21. The molecule has 1 aromatic carbocycles. The Morgan fingerprint density at radius 1 is 1.44 bits per heavy atom. The van der Waals surface area contributed by atoms with E-state index in [0.29, 0.717) is 13.2 Å². The van der Waals surface area contributed by atoms with Crippen molar-refractivity contribution in [2.45, 2.75) is 13.0 Å². The molecule has 0 aromatic heterocycles.